The molecule has 3 rings (SSSR count). The Kier molecular flexibility index (Phi) is 4.84. The first kappa shape index (κ1) is 17.8. The number of ether oxygens (including phenoxy) is 1. The van der Waals surface area contributed by atoms with Gasteiger partial charge in [-0.05, 0) is 30.3 Å². The lowest BCUT2D eigenvalue weighted by Crippen LogP contribution is -2.25. The first-order valence-corrected chi connectivity index (χ1v) is 9.22. The molecular weight excluding hydrogens is 376 g/mol. The number of nitriles is 1. The average molecular weight is 389 g/mol. The maximum atomic E-state index is 12.5. The first-order valence-electron chi connectivity index (χ1n) is 7.36. The number of aromatic nitrogens is 2. The largest absolute Gasteiger partial charge is 0.495 e. The second-order valence-electron chi connectivity index (χ2n) is 5.20. The van der Waals surface area contributed by atoms with Crippen molar-refractivity contribution < 1.29 is 13.2 Å². The number of hydrogen-bond acceptors (Lipinski definition) is 5. The van der Waals surface area contributed by atoms with Crippen LogP contribution < -0.4 is 9.57 Å². The lowest BCUT2D eigenvalue weighted by atomic mass is 10.1. The molecule has 0 unspecified atom stereocenters. The maximum Gasteiger partial charge on any atom is 0.276 e. The van der Waals surface area contributed by atoms with Crippen LogP contribution in [0.4, 0.5) is 0 Å². The fraction of sp³-hybridized carbons (Fsp3) is 0.0588. The minimum absolute atomic E-state index is 0.0581. The first-order chi connectivity index (χ1) is 12.4. The Morgan fingerprint density at radius 3 is 2.54 bits per heavy atom. The Morgan fingerprint density at radius 1 is 1.19 bits per heavy atom. The quantitative estimate of drug-likeness (QED) is 0.724. The van der Waals surface area contributed by atoms with Crippen LogP contribution in [0.15, 0.2) is 59.5 Å². The average Bonchev–Trinajstić information content (AvgIpc) is 3.04. The Bertz CT molecular complexity index is 1090. The monoisotopic (exact) mass is 388 g/mol. The van der Waals surface area contributed by atoms with Gasteiger partial charge < -0.3 is 4.74 Å². The van der Waals surface area contributed by atoms with E-state index in [1.807, 2.05) is 6.07 Å². The van der Waals surface area contributed by atoms with Gasteiger partial charge >= 0.3 is 0 Å². The fourth-order valence-corrected chi connectivity index (χ4v) is 3.55. The van der Waals surface area contributed by atoms with Crippen LogP contribution in [0.2, 0.25) is 5.02 Å². The molecule has 0 amide bonds. The molecule has 1 N–H and O–H groups in total. The summed E-state index contributed by atoms with van der Waals surface area (Å²) in [5.74, 6) is 0.479. The number of nitrogens with zero attached hydrogens (tertiary/aromatic N) is 3. The van der Waals surface area contributed by atoms with Gasteiger partial charge in [0.05, 0.1) is 22.7 Å². The predicted octanol–water partition coefficient (Wildman–Crippen LogP) is 3.02. The second-order valence-corrected chi connectivity index (χ2v) is 7.26. The summed E-state index contributed by atoms with van der Waals surface area (Å²) in [6.07, 6.45) is 0. The summed E-state index contributed by atoms with van der Waals surface area (Å²) in [6, 6.07) is 16.2. The van der Waals surface area contributed by atoms with Crippen molar-refractivity contribution in [1.82, 2.24) is 9.89 Å². The molecule has 0 spiro atoms. The summed E-state index contributed by atoms with van der Waals surface area (Å²) >= 11 is 6.14. The fourth-order valence-electron chi connectivity index (χ4n) is 2.30. The highest BCUT2D eigenvalue weighted by Gasteiger charge is 2.18. The van der Waals surface area contributed by atoms with E-state index in [0.717, 1.165) is 4.79 Å². The van der Waals surface area contributed by atoms with Crippen molar-refractivity contribution >= 4 is 21.6 Å². The van der Waals surface area contributed by atoms with Crippen LogP contribution in [-0.4, -0.2) is 25.4 Å². The molecule has 2 aromatic carbocycles. The highest BCUT2D eigenvalue weighted by atomic mass is 35.5. The number of halogens is 1. The van der Waals surface area contributed by atoms with E-state index in [-0.39, 0.29) is 10.6 Å². The van der Waals surface area contributed by atoms with Gasteiger partial charge in [0.25, 0.3) is 10.0 Å². The molecule has 9 heteroatoms. The Labute approximate surface area is 155 Å². The Morgan fingerprint density at radius 2 is 1.92 bits per heavy atom. The van der Waals surface area contributed by atoms with E-state index >= 15 is 0 Å². The predicted molar refractivity (Wildman–Crippen MR) is 96.9 cm³/mol. The molecule has 0 radical (unpaired) electrons. The minimum atomic E-state index is -3.88. The van der Waals surface area contributed by atoms with Crippen molar-refractivity contribution in [3.05, 3.63) is 65.3 Å². The van der Waals surface area contributed by atoms with Crippen molar-refractivity contribution in [3.63, 3.8) is 0 Å². The van der Waals surface area contributed by atoms with Gasteiger partial charge in [-0.3, -0.25) is 0 Å². The van der Waals surface area contributed by atoms with Gasteiger partial charge in [0, 0.05) is 11.6 Å². The van der Waals surface area contributed by atoms with Crippen LogP contribution >= 0.6 is 11.6 Å². The molecule has 0 aliphatic carbocycles. The highest BCUT2D eigenvalue weighted by Crippen LogP contribution is 2.30. The van der Waals surface area contributed by atoms with Gasteiger partial charge in [0.2, 0.25) is 0 Å². The molecule has 0 aliphatic rings. The van der Waals surface area contributed by atoms with Crippen molar-refractivity contribution in [2.45, 2.75) is 4.90 Å². The summed E-state index contributed by atoms with van der Waals surface area (Å²) in [5.41, 5.74) is 0.994. The molecule has 26 heavy (non-hydrogen) atoms. The van der Waals surface area contributed by atoms with Crippen LogP contribution in [0.25, 0.3) is 11.3 Å². The third-order valence-electron chi connectivity index (χ3n) is 3.53. The summed E-state index contributed by atoms with van der Waals surface area (Å²) in [4.78, 5) is 3.47. The van der Waals surface area contributed by atoms with Crippen LogP contribution in [0.1, 0.15) is 5.69 Å². The van der Waals surface area contributed by atoms with Crippen LogP contribution in [0.3, 0.4) is 0 Å². The van der Waals surface area contributed by atoms with Crippen molar-refractivity contribution in [2.24, 2.45) is 0 Å². The standard InChI is InChI=1S/C17H13ClN4O3S/c1-25-17-8-7-12(9-15(17)18)16-10-13(11-19)20-22(16)21-26(23,24)14-5-3-2-4-6-14/h2-10,21H,1H3. The van der Waals surface area contributed by atoms with Crippen molar-refractivity contribution in [2.75, 3.05) is 11.9 Å². The summed E-state index contributed by atoms with van der Waals surface area (Å²) in [7, 11) is -2.39. The number of rotatable bonds is 5. The molecule has 0 bridgehead atoms. The molecule has 3 aromatic rings. The van der Waals surface area contributed by atoms with Crippen molar-refractivity contribution in [1.29, 1.82) is 5.26 Å². The molecule has 0 saturated carbocycles. The SMILES string of the molecule is COc1ccc(-c2cc(C#N)nn2NS(=O)(=O)c2ccccc2)cc1Cl. The molecule has 7 nitrogen and oxygen atoms in total. The summed E-state index contributed by atoms with van der Waals surface area (Å²) in [6.45, 7) is 0. The number of sulfonamides is 1. The Balaban J connectivity index is 2.05. The van der Waals surface area contributed by atoms with Gasteiger partial charge in [0.15, 0.2) is 5.69 Å². The van der Waals surface area contributed by atoms with Gasteiger partial charge in [-0.1, -0.05) is 29.8 Å². The van der Waals surface area contributed by atoms with Crippen molar-refractivity contribution in [3.8, 4) is 23.1 Å². The molecule has 0 fully saturated rings. The normalized spacial score (nSPS) is 11.0. The van der Waals surface area contributed by atoms with Gasteiger partial charge in [-0.25, -0.2) is 0 Å². The zero-order chi connectivity index (χ0) is 18.7. The minimum Gasteiger partial charge on any atom is -0.495 e. The smallest absolute Gasteiger partial charge is 0.276 e. The molecule has 1 aromatic heterocycles. The van der Waals surface area contributed by atoms with Crippen LogP contribution in [0.5, 0.6) is 5.75 Å². The van der Waals surface area contributed by atoms with Crippen LogP contribution in [0, 0.1) is 11.3 Å². The number of methoxy groups -OCH3 is 1. The number of hydrogen-bond donors (Lipinski definition) is 1. The van der Waals surface area contributed by atoms with Gasteiger partial charge in [0.1, 0.15) is 11.8 Å². The molecule has 0 atom stereocenters. The third kappa shape index (κ3) is 3.49. The zero-order valence-corrected chi connectivity index (χ0v) is 15.1. The Hall–Kier alpha value is -3.02. The topological polar surface area (TPSA) is 97.0 Å². The molecular formula is C17H13ClN4O3S. The lowest BCUT2D eigenvalue weighted by Gasteiger charge is -2.12. The second kappa shape index (κ2) is 7.07. The molecule has 132 valence electrons. The molecule has 0 saturated heterocycles. The number of benzene rings is 2. The lowest BCUT2D eigenvalue weighted by molar-refractivity contribution is 0.415. The van der Waals surface area contributed by atoms with E-state index in [1.165, 1.54) is 25.3 Å². The maximum absolute atomic E-state index is 12.5. The van der Waals surface area contributed by atoms with Crippen LogP contribution in [-0.2, 0) is 10.0 Å². The van der Waals surface area contributed by atoms with E-state index in [4.69, 9.17) is 21.6 Å². The zero-order valence-electron chi connectivity index (χ0n) is 13.5. The summed E-state index contributed by atoms with van der Waals surface area (Å²) < 4.78 is 30.2. The van der Waals surface area contributed by atoms with Gasteiger partial charge in [-0.15, -0.1) is 5.10 Å². The van der Waals surface area contributed by atoms with E-state index in [2.05, 4.69) is 9.93 Å². The van der Waals surface area contributed by atoms with E-state index in [1.54, 1.807) is 36.4 Å². The molecule has 0 aliphatic heterocycles. The van der Waals surface area contributed by atoms with E-state index < -0.39 is 10.0 Å². The van der Waals surface area contributed by atoms with E-state index in [9.17, 15) is 8.42 Å². The number of nitrogens with one attached hydrogen (secondary N) is 1. The molecule has 1 heterocycles. The highest BCUT2D eigenvalue weighted by molar-refractivity contribution is 7.92. The van der Waals surface area contributed by atoms with Gasteiger partial charge in [-0.2, -0.15) is 23.3 Å². The summed E-state index contributed by atoms with van der Waals surface area (Å²) in [5, 5.41) is 13.5. The third-order valence-corrected chi connectivity index (χ3v) is 5.13. The van der Waals surface area contributed by atoms with E-state index in [0.29, 0.717) is 22.0 Å².